The maximum Gasteiger partial charge on any atom is 0.227 e. The Morgan fingerprint density at radius 2 is 2.11 bits per heavy atom. The zero-order valence-corrected chi connectivity index (χ0v) is 16.9. The number of carbonyl (C=O) groups is 2. The first-order valence-electron chi connectivity index (χ1n) is 9.87. The van der Waals surface area contributed by atoms with Gasteiger partial charge in [0.2, 0.25) is 11.8 Å². The number of benzene rings is 1. The van der Waals surface area contributed by atoms with Gasteiger partial charge in [-0.3, -0.25) is 9.59 Å². The Labute approximate surface area is 165 Å². The number of methoxy groups -OCH3 is 2. The first-order chi connectivity index (χ1) is 13.4. The molecule has 0 radical (unpaired) electrons. The molecule has 0 bridgehead atoms. The standard InChI is InChI=1S/C21H28N2O5/c1-13(2)16-12-28-21-7-8-22(18(21)11-20(25)23(16)21)19(24)9-14-5-6-15(26-3)10-17(14)27-4/h5-6,10,13,16,18H,7-9,11-12H2,1-4H3/t16-,18+,21-/m0/s1. The van der Waals surface area contributed by atoms with E-state index in [1.165, 1.54) is 0 Å². The van der Waals surface area contributed by atoms with Crippen molar-refractivity contribution in [2.45, 2.75) is 50.9 Å². The van der Waals surface area contributed by atoms with Crippen molar-refractivity contribution in [2.75, 3.05) is 27.4 Å². The summed E-state index contributed by atoms with van der Waals surface area (Å²) >= 11 is 0. The Kier molecular flexibility index (Phi) is 4.73. The minimum Gasteiger partial charge on any atom is -0.497 e. The molecule has 28 heavy (non-hydrogen) atoms. The first kappa shape index (κ1) is 19.1. The highest BCUT2D eigenvalue weighted by Gasteiger charge is 2.65. The lowest BCUT2D eigenvalue weighted by atomic mass is 10.0. The van der Waals surface area contributed by atoms with Gasteiger partial charge in [-0.2, -0.15) is 0 Å². The predicted octanol–water partition coefficient (Wildman–Crippen LogP) is 1.83. The van der Waals surface area contributed by atoms with Gasteiger partial charge in [0.25, 0.3) is 0 Å². The number of ether oxygens (including phenoxy) is 3. The zero-order chi connectivity index (χ0) is 20.1. The van der Waals surface area contributed by atoms with Crippen LogP contribution in [0.4, 0.5) is 0 Å². The molecule has 2 amide bonds. The number of hydrogen-bond acceptors (Lipinski definition) is 5. The summed E-state index contributed by atoms with van der Waals surface area (Å²) in [5, 5.41) is 0. The molecule has 3 atom stereocenters. The van der Waals surface area contributed by atoms with Gasteiger partial charge in [-0.05, 0) is 12.0 Å². The van der Waals surface area contributed by atoms with Crippen LogP contribution >= 0.6 is 0 Å². The summed E-state index contributed by atoms with van der Waals surface area (Å²) < 4.78 is 16.9. The highest BCUT2D eigenvalue weighted by atomic mass is 16.5. The Morgan fingerprint density at radius 1 is 1.32 bits per heavy atom. The molecule has 3 saturated heterocycles. The van der Waals surface area contributed by atoms with E-state index in [9.17, 15) is 9.59 Å². The molecule has 0 N–H and O–H groups in total. The van der Waals surface area contributed by atoms with Crippen molar-refractivity contribution in [3.8, 4) is 11.5 Å². The fourth-order valence-electron chi connectivity index (χ4n) is 4.93. The van der Waals surface area contributed by atoms with Gasteiger partial charge in [0, 0.05) is 24.6 Å². The first-order valence-corrected chi connectivity index (χ1v) is 9.87. The minimum atomic E-state index is -0.633. The fraction of sp³-hybridized carbons (Fsp3) is 0.619. The van der Waals surface area contributed by atoms with Crippen LogP contribution in [0.3, 0.4) is 0 Å². The lowest BCUT2D eigenvalue weighted by Crippen LogP contribution is -2.51. The lowest BCUT2D eigenvalue weighted by molar-refractivity contribution is -0.141. The van der Waals surface area contributed by atoms with Crippen molar-refractivity contribution < 1.29 is 23.8 Å². The topological polar surface area (TPSA) is 68.3 Å². The van der Waals surface area contributed by atoms with Crippen molar-refractivity contribution >= 4 is 11.8 Å². The number of likely N-dealkylation sites (tertiary alicyclic amines) is 1. The largest absolute Gasteiger partial charge is 0.497 e. The minimum absolute atomic E-state index is 0.00316. The normalized spacial score (nSPS) is 28.7. The van der Waals surface area contributed by atoms with E-state index in [2.05, 4.69) is 13.8 Å². The third-order valence-corrected chi connectivity index (χ3v) is 6.41. The maximum atomic E-state index is 13.1. The molecule has 0 unspecified atom stereocenters. The van der Waals surface area contributed by atoms with Crippen LogP contribution in [-0.2, 0) is 20.7 Å². The van der Waals surface area contributed by atoms with Crippen molar-refractivity contribution in [1.82, 2.24) is 9.80 Å². The number of hydrogen-bond donors (Lipinski definition) is 0. The molecule has 1 spiro atoms. The number of nitrogens with zero attached hydrogens (tertiary/aromatic N) is 2. The van der Waals surface area contributed by atoms with Gasteiger partial charge < -0.3 is 24.0 Å². The third kappa shape index (κ3) is 2.75. The van der Waals surface area contributed by atoms with Gasteiger partial charge in [0.05, 0.1) is 45.8 Å². The van der Waals surface area contributed by atoms with Crippen molar-refractivity contribution in [3.63, 3.8) is 0 Å². The molecule has 0 aromatic heterocycles. The average Bonchev–Trinajstić information content (AvgIpc) is 3.31. The molecule has 3 aliphatic rings. The van der Waals surface area contributed by atoms with Crippen LogP contribution < -0.4 is 9.47 Å². The van der Waals surface area contributed by atoms with E-state index in [0.29, 0.717) is 43.4 Å². The van der Waals surface area contributed by atoms with Gasteiger partial charge in [-0.15, -0.1) is 0 Å². The lowest BCUT2D eigenvalue weighted by Gasteiger charge is -2.34. The van der Waals surface area contributed by atoms with Crippen molar-refractivity contribution in [2.24, 2.45) is 5.92 Å². The number of amides is 2. The summed E-state index contributed by atoms with van der Waals surface area (Å²) in [5.74, 6) is 1.74. The van der Waals surface area contributed by atoms with Gasteiger partial charge in [-0.1, -0.05) is 19.9 Å². The summed E-state index contributed by atoms with van der Waals surface area (Å²) in [6.07, 6.45) is 1.24. The highest BCUT2D eigenvalue weighted by Crippen LogP contribution is 2.49. The second-order valence-corrected chi connectivity index (χ2v) is 8.14. The SMILES string of the molecule is COc1ccc(CC(=O)N2CC[C@@]34OC[C@@H](C(C)C)N3C(=O)C[C@@H]24)c(OC)c1. The molecular weight excluding hydrogens is 360 g/mol. The van der Waals surface area contributed by atoms with Crippen LogP contribution in [0, 0.1) is 5.92 Å². The second kappa shape index (κ2) is 6.95. The molecule has 0 aliphatic carbocycles. The van der Waals surface area contributed by atoms with E-state index in [0.717, 1.165) is 5.56 Å². The van der Waals surface area contributed by atoms with E-state index in [-0.39, 0.29) is 30.3 Å². The van der Waals surface area contributed by atoms with E-state index in [4.69, 9.17) is 14.2 Å². The van der Waals surface area contributed by atoms with Crippen LogP contribution in [0.15, 0.2) is 18.2 Å². The third-order valence-electron chi connectivity index (χ3n) is 6.41. The van der Waals surface area contributed by atoms with E-state index >= 15 is 0 Å². The fourth-order valence-corrected chi connectivity index (χ4v) is 4.93. The van der Waals surface area contributed by atoms with E-state index < -0.39 is 5.72 Å². The monoisotopic (exact) mass is 388 g/mol. The van der Waals surface area contributed by atoms with Gasteiger partial charge in [0.1, 0.15) is 11.5 Å². The Balaban J connectivity index is 1.54. The molecule has 4 rings (SSSR count). The van der Waals surface area contributed by atoms with Gasteiger partial charge in [-0.25, -0.2) is 0 Å². The predicted molar refractivity (Wildman–Crippen MR) is 102 cm³/mol. The van der Waals surface area contributed by atoms with Gasteiger partial charge >= 0.3 is 0 Å². The smallest absolute Gasteiger partial charge is 0.227 e. The average molecular weight is 388 g/mol. The summed E-state index contributed by atoms with van der Waals surface area (Å²) in [5.41, 5.74) is 0.175. The number of carbonyl (C=O) groups excluding carboxylic acids is 2. The van der Waals surface area contributed by atoms with Crippen LogP contribution in [-0.4, -0.2) is 66.8 Å². The summed E-state index contributed by atoms with van der Waals surface area (Å²) in [6, 6.07) is 5.34. The molecule has 3 fully saturated rings. The Hall–Kier alpha value is -2.28. The van der Waals surface area contributed by atoms with Crippen LogP contribution in [0.1, 0.15) is 32.3 Å². The highest BCUT2D eigenvalue weighted by molar-refractivity contribution is 5.86. The molecule has 7 heteroatoms. The Bertz CT molecular complexity index is 795. The molecule has 0 saturated carbocycles. The Morgan fingerprint density at radius 3 is 2.79 bits per heavy atom. The van der Waals surface area contributed by atoms with Crippen molar-refractivity contribution in [3.05, 3.63) is 23.8 Å². The molecule has 152 valence electrons. The quantitative estimate of drug-likeness (QED) is 0.770. The van der Waals surface area contributed by atoms with Crippen molar-refractivity contribution in [1.29, 1.82) is 0 Å². The summed E-state index contributed by atoms with van der Waals surface area (Å²) in [7, 11) is 3.18. The number of rotatable bonds is 5. The molecular formula is C21H28N2O5. The van der Waals surface area contributed by atoms with E-state index in [1.807, 2.05) is 21.9 Å². The molecule has 7 nitrogen and oxygen atoms in total. The molecule has 3 heterocycles. The molecule has 1 aromatic carbocycles. The molecule has 1 aromatic rings. The maximum absolute atomic E-state index is 13.1. The van der Waals surface area contributed by atoms with Crippen LogP contribution in [0.25, 0.3) is 0 Å². The zero-order valence-electron chi connectivity index (χ0n) is 16.9. The molecule has 3 aliphatic heterocycles. The van der Waals surface area contributed by atoms with E-state index in [1.54, 1.807) is 20.3 Å². The van der Waals surface area contributed by atoms with Crippen LogP contribution in [0.2, 0.25) is 0 Å². The second-order valence-electron chi connectivity index (χ2n) is 8.14. The van der Waals surface area contributed by atoms with Gasteiger partial charge in [0.15, 0.2) is 5.72 Å². The van der Waals surface area contributed by atoms with Crippen LogP contribution in [0.5, 0.6) is 11.5 Å². The summed E-state index contributed by atoms with van der Waals surface area (Å²) in [6.45, 7) is 5.38. The summed E-state index contributed by atoms with van der Waals surface area (Å²) in [4.78, 5) is 29.7.